The third-order valence-electron chi connectivity index (χ3n) is 6.94. The summed E-state index contributed by atoms with van der Waals surface area (Å²) >= 11 is 1.57. The van der Waals surface area contributed by atoms with Crippen molar-refractivity contribution >= 4 is 29.5 Å². The molecule has 2 fully saturated rings. The number of nitrogens with zero attached hydrogens (tertiary/aromatic N) is 3. The fraction of sp³-hybridized carbons (Fsp3) is 0.739. The lowest BCUT2D eigenvalue weighted by Gasteiger charge is -2.33. The number of carboxylic acids is 1. The molecule has 33 heavy (non-hydrogen) atoms. The second-order valence-corrected chi connectivity index (χ2v) is 10.0. The molecular formula is C23H37N5O4S. The minimum absolute atomic E-state index is 0.0920. The zero-order chi connectivity index (χ0) is 23.8. The third-order valence-corrected chi connectivity index (χ3v) is 7.58. The Morgan fingerprint density at radius 2 is 2.15 bits per heavy atom. The quantitative estimate of drug-likeness (QED) is 0.418. The molecule has 2 aliphatic heterocycles. The first kappa shape index (κ1) is 25.6. The van der Waals surface area contributed by atoms with Crippen LogP contribution in [0.3, 0.4) is 0 Å². The molecule has 2 unspecified atom stereocenters. The number of aliphatic carboxylic acids is 1. The SMILES string of the molecule is CC[C@H]1CCN(C[C@@H]2CCCN2C(=O)CCc2c[nH]cn2)C1C(=O)NC(CCSC)C(=O)O. The van der Waals surface area contributed by atoms with Crippen LogP contribution >= 0.6 is 11.8 Å². The average Bonchev–Trinajstić information content (AvgIpc) is 3.55. The molecule has 2 saturated heterocycles. The molecule has 0 radical (unpaired) electrons. The first-order valence-electron chi connectivity index (χ1n) is 12.0. The lowest BCUT2D eigenvalue weighted by atomic mass is 9.96. The summed E-state index contributed by atoms with van der Waals surface area (Å²) in [5, 5.41) is 12.3. The number of nitrogens with one attached hydrogen (secondary N) is 2. The van der Waals surface area contributed by atoms with Gasteiger partial charge in [-0.25, -0.2) is 9.78 Å². The number of hydrogen-bond acceptors (Lipinski definition) is 6. The maximum Gasteiger partial charge on any atom is 0.326 e. The number of H-pyrrole nitrogens is 1. The molecule has 2 amide bonds. The Labute approximate surface area is 200 Å². The van der Waals surface area contributed by atoms with Gasteiger partial charge in [0, 0.05) is 31.7 Å². The fourth-order valence-electron chi connectivity index (χ4n) is 5.12. The lowest BCUT2D eigenvalue weighted by Crippen LogP contribution is -2.54. The van der Waals surface area contributed by atoms with E-state index in [0.717, 1.165) is 44.5 Å². The molecule has 10 heteroatoms. The summed E-state index contributed by atoms with van der Waals surface area (Å²) in [4.78, 5) is 49.0. The van der Waals surface area contributed by atoms with E-state index in [2.05, 4.69) is 27.1 Å². The van der Waals surface area contributed by atoms with Crippen LogP contribution in [0.5, 0.6) is 0 Å². The summed E-state index contributed by atoms with van der Waals surface area (Å²) in [6.07, 6.45) is 10.5. The monoisotopic (exact) mass is 479 g/mol. The van der Waals surface area contributed by atoms with E-state index in [1.807, 2.05) is 17.4 Å². The molecular weight excluding hydrogens is 442 g/mol. The van der Waals surface area contributed by atoms with Gasteiger partial charge in [-0.3, -0.25) is 14.5 Å². The maximum absolute atomic E-state index is 13.2. The van der Waals surface area contributed by atoms with Crippen LogP contribution in [0, 0.1) is 5.92 Å². The van der Waals surface area contributed by atoms with Crippen LogP contribution in [0.1, 0.15) is 51.1 Å². The minimum Gasteiger partial charge on any atom is -0.480 e. The number of aryl methyl sites for hydroxylation is 1. The highest BCUT2D eigenvalue weighted by Gasteiger charge is 2.41. The van der Waals surface area contributed by atoms with Gasteiger partial charge in [0.05, 0.1) is 18.1 Å². The van der Waals surface area contributed by atoms with Crippen molar-refractivity contribution in [3.05, 3.63) is 18.2 Å². The van der Waals surface area contributed by atoms with Gasteiger partial charge < -0.3 is 20.3 Å². The van der Waals surface area contributed by atoms with Gasteiger partial charge >= 0.3 is 5.97 Å². The standard InChI is InChI=1S/C23H37N5O4S/c1-3-16-8-11-27(21(16)22(30)26-19(23(31)32)9-12-33-2)14-18-5-4-10-28(18)20(29)7-6-17-13-24-15-25-17/h13,15-16,18-19,21H,3-12,14H2,1-2H3,(H,24,25)(H,26,30)(H,31,32)/t16-,18-,19?,21?/m0/s1. The predicted molar refractivity (Wildman–Crippen MR) is 128 cm³/mol. The summed E-state index contributed by atoms with van der Waals surface area (Å²) < 4.78 is 0. The van der Waals surface area contributed by atoms with Crippen molar-refractivity contribution in [2.75, 3.05) is 31.6 Å². The molecule has 9 nitrogen and oxygen atoms in total. The first-order chi connectivity index (χ1) is 15.9. The van der Waals surface area contributed by atoms with Gasteiger partial charge in [0.1, 0.15) is 6.04 Å². The predicted octanol–water partition coefficient (Wildman–Crippen LogP) is 1.76. The molecule has 0 aromatic carbocycles. The summed E-state index contributed by atoms with van der Waals surface area (Å²) in [6, 6.07) is -1.11. The number of aromatic nitrogens is 2. The van der Waals surface area contributed by atoms with E-state index in [-0.39, 0.29) is 29.8 Å². The topological polar surface area (TPSA) is 119 Å². The molecule has 0 bridgehead atoms. The van der Waals surface area contributed by atoms with Crippen molar-refractivity contribution < 1.29 is 19.5 Å². The number of rotatable bonds is 12. The second-order valence-electron chi connectivity index (χ2n) is 9.02. The number of hydrogen-bond donors (Lipinski definition) is 3. The highest BCUT2D eigenvalue weighted by Crippen LogP contribution is 2.30. The summed E-state index contributed by atoms with van der Waals surface area (Å²) in [5.41, 5.74) is 0.885. The first-order valence-corrected chi connectivity index (χ1v) is 13.4. The van der Waals surface area contributed by atoms with Crippen molar-refractivity contribution in [1.82, 2.24) is 25.1 Å². The third kappa shape index (κ3) is 6.72. The molecule has 3 N–H and O–H groups in total. The van der Waals surface area contributed by atoms with Crippen molar-refractivity contribution in [1.29, 1.82) is 0 Å². The van der Waals surface area contributed by atoms with Crippen LogP contribution in [0.25, 0.3) is 0 Å². The van der Waals surface area contributed by atoms with Gasteiger partial charge in [0.25, 0.3) is 0 Å². The Kier molecular flexibility index (Phi) is 9.61. The zero-order valence-electron chi connectivity index (χ0n) is 19.7. The number of carboxylic acid groups (broad SMARTS) is 1. The number of imidazole rings is 1. The number of likely N-dealkylation sites (tertiary alicyclic amines) is 2. The van der Waals surface area contributed by atoms with Crippen molar-refractivity contribution in [3.8, 4) is 0 Å². The highest BCUT2D eigenvalue weighted by atomic mass is 32.2. The van der Waals surface area contributed by atoms with E-state index < -0.39 is 12.0 Å². The van der Waals surface area contributed by atoms with E-state index in [4.69, 9.17) is 0 Å². The van der Waals surface area contributed by atoms with Crippen LogP contribution < -0.4 is 5.32 Å². The molecule has 4 atom stereocenters. The van der Waals surface area contributed by atoms with E-state index in [0.29, 0.717) is 31.6 Å². The van der Waals surface area contributed by atoms with Crippen LogP contribution in [-0.4, -0.2) is 92.4 Å². The Morgan fingerprint density at radius 1 is 1.33 bits per heavy atom. The average molecular weight is 480 g/mol. The molecule has 0 saturated carbocycles. The fourth-order valence-corrected chi connectivity index (χ4v) is 5.59. The maximum atomic E-state index is 13.2. The Balaban J connectivity index is 1.62. The van der Waals surface area contributed by atoms with Gasteiger partial charge in [-0.2, -0.15) is 11.8 Å². The summed E-state index contributed by atoms with van der Waals surface area (Å²) in [7, 11) is 0. The van der Waals surface area contributed by atoms with Gasteiger partial charge in [-0.05, 0) is 56.6 Å². The van der Waals surface area contributed by atoms with E-state index in [1.54, 1.807) is 18.1 Å². The summed E-state index contributed by atoms with van der Waals surface area (Å²) in [6.45, 7) is 4.29. The van der Waals surface area contributed by atoms with Crippen molar-refractivity contribution in [2.45, 2.75) is 70.0 Å². The van der Waals surface area contributed by atoms with E-state index in [1.165, 1.54) is 0 Å². The van der Waals surface area contributed by atoms with Crippen molar-refractivity contribution in [2.24, 2.45) is 5.92 Å². The largest absolute Gasteiger partial charge is 0.480 e. The minimum atomic E-state index is -0.987. The lowest BCUT2D eigenvalue weighted by molar-refractivity contribution is -0.143. The van der Waals surface area contributed by atoms with Gasteiger partial charge in [0.2, 0.25) is 11.8 Å². The number of carbonyl (C=O) groups excluding carboxylic acids is 2. The molecule has 1 aromatic rings. The van der Waals surface area contributed by atoms with E-state index in [9.17, 15) is 19.5 Å². The van der Waals surface area contributed by atoms with Gasteiger partial charge in [-0.1, -0.05) is 13.3 Å². The number of aromatic amines is 1. The van der Waals surface area contributed by atoms with Crippen LogP contribution in [0.15, 0.2) is 12.5 Å². The number of amides is 2. The Morgan fingerprint density at radius 3 is 2.82 bits per heavy atom. The molecule has 0 aliphatic carbocycles. The second kappa shape index (κ2) is 12.4. The number of carbonyl (C=O) groups is 3. The summed E-state index contributed by atoms with van der Waals surface area (Å²) in [5.74, 6) is -0.164. The molecule has 3 heterocycles. The van der Waals surface area contributed by atoms with Crippen LogP contribution in [-0.2, 0) is 20.8 Å². The molecule has 2 aliphatic rings. The van der Waals surface area contributed by atoms with Gasteiger partial charge in [-0.15, -0.1) is 0 Å². The molecule has 1 aromatic heterocycles. The highest BCUT2D eigenvalue weighted by molar-refractivity contribution is 7.98. The van der Waals surface area contributed by atoms with Crippen LogP contribution in [0.4, 0.5) is 0 Å². The van der Waals surface area contributed by atoms with E-state index >= 15 is 0 Å². The number of thioether (sulfide) groups is 1. The molecule has 3 rings (SSSR count). The Bertz CT molecular complexity index is 790. The van der Waals surface area contributed by atoms with Gasteiger partial charge in [0.15, 0.2) is 0 Å². The van der Waals surface area contributed by atoms with Crippen LogP contribution in [0.2, 0.25) is 0 Å². The van der Waals surface area contributed by atoms with Crippen molar-refractivity contribution in [3.63, 3.8) is 0 Å². The molecule has 0 spiro atoms. The normalized spacial score (nSPS) is 24.2. The smallest absolute Gasteiger partial charge is 0.326 e. The Hall–Kier alpha value is -2.07. The zero-order valence-corrected chi connectivity index (χ0v) is 20.5. The molecule has 184 valence electrons.